The highest BCUT2D eigenvalue weighted by Crippen LogP contribution is 2.73. The van der Waals surface area contributed by atoms with Crippen molar-refractivity contribution in [3.05, 3.63) is 177 Å². The number of rotatable bonds is 5. The molecule has 13 rings (SSSR count). The van der Waals surface area contributed by atoms with Crippen LogP contribution in [0.25, 0.3) is 0 Å². The number of ether oxygens (including phenoxy) is 1. The molecule has 11 unspecified atom stereocenters. The highest BCUT2D eigenvalue weighted by molar-refractivity contribution is 8.03. The van der Waals surface area contributed by atoms with Gasteiger partial charge in [-0.2, -0.15) is 0 Å². The van der Waals surface area contributed by atoms with Crippen molar-refractivity contribution in [1.29, 1.82) is 0 Å². The molecule has 0 aromatic heterocycles. The fourth-order valence-corrected chi connectivity index (χ4v) is 17.1. The van der Waals surface area contributed by atoms with E-state index in [0.29, 0.717) is 58.6 Å². The molecule has 0 aromatic rings. The quantitative estimate of drug-likeness (QED) is 0.256. The average Bonchev–Trinajstić information content (AvgIpc) is 3.87. The number of allylic oxidation sites excluding steroid dienone is 27. The molecule has 1 saturated carbocycles. The smallest absolute Gasteiger partial charge is 0.131 e. The van der Waals surface area contributed by atoms with Crippen LogP contribution in [-0.2, 0) is 4.74 Å². The van der Waals surface area contributed by atoms with Crippen LogP contribution in [0.15, 0.2) is 177 Å². The summed E-state index contributed by atoms with van der Waals surface area (Å²) in [6.45, 7) is 0. The fraction of sp³-hybridized carbons (Fsp3) is 0.492. The van der Waals surface area contributed by atoms with E-state index in [9.17, 15) is 0 Å². The van der Waals surface area contributed by atoms with Gasteiger partial charge in [0.25, 0.3) is 0 Å². The van der Waals surface area contributed by atoms with E-state index in [1.54, 1.807) is 38.5 Å². The highest BCUT2D eigenvalue weighted by atomic mass is 32.2. The molecule has 0 aromatic carbocycles. The summed E-state index contributed by atoms with van der Waals surface area (Å²) in [7, 11) is 0. The van der Waals surface area contributed by atoms with Crippen LogP contribution in [0.1, 0.15) is 116 Å². The molecule has 0 radical (unpaired) electrons. The van der Waals surface area contributed by atoms with Crippen molar-refractivity contribution in [1.82, 2.24) is 4.90 Å². The maximum Gasteiger partial charge on any atom is 0.131 e. The summed E-state index contributed by atoms with van der Waals surface area (Å²) in [4.78, 5) is 4.56. The second kappa shape index (κ2) is 15.6. The van der Waals surface area contributed by atoms with E-state index in [1.165, 1.54) is 113 Å². The lowest BCUT2D eigenvalue weighted by Gasteiger charge is -2.55. The van der Waals surface area contributed by atoms with Gasteiger partial charge >= 0.3 is 0 Å². The summed E-state index contributed by atoms with van der Waals surface area (Å²) < 4.78 is 6.94. The Kier molecular flexibility index (Phi) is 9.71. The Morgan fingerprint density at radius 2 is 1.63 bits per heavy atom. The number of fused-ring (bicyclic) bond motifs is 12. The van der Waals surface area contributed by atoms with E-state index in [4.69, 9.17) is 4.74 Å². The highest BCUT2D eigenvalue weighted by Gasteiger charge is 2.67. The molecule has 13 aliphatic rings. The van der Waals surface area contributed by atoms with Gasteiger partial charge in [-0.25, -0.2) is 0 Å². The van der Waals surface area contributed by atoms with Crippen LogP contribution < -0.4 is 0 Å². The molecule has 0 bridgehead atoms. The van der Waals surface area contributed by atoms with Gasteiger partial charge < -0.3 is 9.64 Å². The zero-order valence-corrected chi connectivity index (χ0v) is 37.6. The number of thioether (sulfide) groups is 1. The maximum absolute atomic E-state index is 6.94. The first-order valence-corrected chi connectivity index (χ1v) is 26.2. The van der Waals surface area contributed by atoms with Crippen LogP contribution in [0, 0.1) is 52.8 Å². The molecule has 0 amide bonds. The first-order chi connectivity index (χ1) is 30.7. The van der Waals surface area contributed by atoms with Gasteiger partial charge in [0.15, 0.2) is 0 Å². The second-order valence-electron chi connectivity index (χ2n) is 20.9. The predicted molar refractivity (Wildman–Crippen MR) is 257 cm³/mol. The van der Waals surface area contributed by atoms with Gasteiger partial charge in [0.1, 0.15) is 11.5 Å². The third-order valence-electron chi connectivity index (χ3n) is 18.1. The van der Waals surface area contributed by atoms with Gasteiger partial charge in [0, 0.05) is 39.7 Å². The summed E-state index contributed by atoms with van der Waals surface area (Å²) in [5.41, 5.74) is 13.2. The molecule has 11 aliphatic carbocycles. The normalized spacial score (nSPS) is 39.7. The van der Waals surface area contributed by atoms with Gasteiger partial charge in [0.2, 0.25) is 0 Å². The number of hydrogen-bond donors (Lipinski definition) is 0. The fourth-order valence-electron chi connectivity index (χ4n) is 15.5. The lowest BCUT2D eigenvalue weighted by molar-refractivity contribution is 0.146. The summed E-state index contributed by atoms with van der Waals surface area (Å²) in [6, 6.07) is 0.377. The Labute approximate surface area is 375 Å². The van der Waals surface area contributed by atoms with E-state index in [-0.39, 0.29) is 5.41 Å². The largest absolute Gasteiger partial charge is 0.459 e. The monoisotopic (exact) mass is 835 g/mol. The standard InChI is InChI=1S/C59H65NOS/c1-2-13-38(14-3-1)39-25-31-43(32-26-39)60(53-21-12-18-49-47-17-6-9-22-54(47)61-58(49)53)44-33-27-40(28-34-44)42-30-35-46-48-36-29-41-15-4-5-16-45(41)57(48)59(52(46)37-42)50-19-7-10-23-55(50)62-56-24-11-8-20-51(56)59/h1-2,5,7-8,10,13,16-17,19-20,22-23,27,30-31,33,35,37,39-40,44,46,48-50,52,55,57H,3-4,6,9,11-12,14-15,18,21,24-26,28-29,32,34,36H2. The molecule has 3 heteroatoms. The number of hydrogen-bond acceptors (Lipinski definition) is 3. The molecule has 2 aliphatic heterocycles. The van der Waals surface area contributed by atoms with E-state index >= 15 is 0 Å². The van der Waals surface area contributed by atoms with Gasteiger partial charge in [-0.1, -0.05) is 121 Å². The summed E-state index contributed by atoms with van der Waals surface area (Å²) in [6.07, 6.45) is 70.4. The van der Waals surface area contributed by atoms with E-state index in [2.05, 4.69) is 132 Å². The molecule has 318 valence electrons. The third-order valence-corrected chi connectivity index (χ3v) is 19.6. The number of nitrogens with zero attached hydrogens (tertiary/aromatic N) is 1. The molecule has 2 nitrogen and oxygen atoms in total. The third kappa shape index (κ3) is 6.01. The average molecular weight is 836 g/mol. The SMILES string of the molecule is C1=CCCC(C2CC=C(N(C3=C4OC5=CCCC=C5C4CCC3)C3C=CC(C4=CC5C(C=C4)C4CCC6=C(C=CCC6)C4C54C5=C(CCC=C5)SC5C=CC=CC54)CC3)CC2)=C1. The molecular weight excluding hydrogens is 771 g/mol. The van der Waals surface area contributed by atoms with Crippen molar-refractivity contribution in [3.63, 3.8) is 0 Å². The first-order valence-electron chi connectivity index (χ1n) is 25.3. The van der Waals surface area contributed by atoms with E-state index in [1.807, 2.05) is 0 Å². The Morgan fingerprint density at radius 3 is 2.53 bits per heavy atom. The van der Waals surface area contributed by atoms with Gasteiger partial charge in [0.05, 0.1) is 11.7 Å². The van der Waals surface area contributed by atoms with Crippen LogP contribution in [-0.4, -0.2) is 16.2 Å². The molecule has 1 spiro atoms. The minimum Gasteiger partial charge on any atom is -0.459 e. The van der Waals surface area contributed by atoms with Gasteiger partial charge in [-0.3, -0.25) is 0 Å². The minimum atomic E-state index is 0.0964. The predicted octanol–water partition coefficient (Wildman–Crippen LogP) is 15.1. The summed E-state index contributed by atoms with van der Waals surface area (Å²) >= 11 is 2.21. The van der Waals surface area contributed by atoms with Crippen LogP contribution in [0.3, 0.4) is 0 Å². The van der Waals surface area contributed by atoms with E-state index < -0.39 is 0 Å². The zero-order chi connectivity index (χ0) is 40.8. The lowest BCUT2D eigenvalue weighted by atomic mass is 9.52. The van der Waals surface area contributed by atoms with Crippen molar-refractivity contribution in [2.75, 3.05) is 0 Å². The maximum atomic E-state index is 6.94. The molecule has 2 heterocycles. The molecule has 1 saturated heterocycles. The Hall–Kier alpha value is -3.95. The van der Waals surface area contributed by atoms with Crippen LogP contribution in [0.4, 0.5) is 0 Å². The topological polar surface area (TPSA) is 12.5 Å². The van der Waals surface area contributed by atoms with Crippen LogP contribution >= 0.6 is 11.8 Å². The first kappa shape index (κ1) is 38.5. The van der Waals surface area contributed by atoms with Crippen molar-refractivity contribution >= 4 is 11.8 Å². The molecule has 11 atom stereocenters. The van der Waals surface area contributed by atoms with Crippen molar-refractivity contribution in [2.45, 2.75) is 127 Å². The summed E-state index contributed by atoms with van der Waals surface area (Å²) in [5, 5.41) is 0.531. The lowest BCUT2D eigenvalue weighted by Crippen LogP contribution is -2.49. The molecule has 2 fully saturated rings. The second-order valence-corrected chi connectivity index (χ2v) is 22.2. The molecule has 62 heavy (non-hydrogen) atoms. The minimum absolute atomic E-state index is 0.0964. The Morgan fingerprint density at radius 1 is 0.710 bits per heavy atom. The van der Waals surface area contributed by atoms with Crippen molar-refractivity contribution in [2.24, 2.45) is 52.8 Å². The summed E-state index contributed by atoms with van der Waals surface area (Å²) in [5.74, 6) is 7.00. The van der Waals surface area contributed by atoms with Crippen LogP contribution in [0.2, 0.25) is 0 Å². The molecular formula is C59H65NOS. The molecule has 0 N–H and O–H groups in total. The van der Waals surface area contributed by atoms with Gasteiger partial charge in [-0.05, 0) is 173 Å². The van der Waals surface area contributed by atoms with Crippen LogP contribution in [0.5, 0.6) is 0 Å². The van der Waals surface area contributed by atoms with E-state index in [0.717, 1.165) is 25.7 Å². The Bertz CT molecular complexity index is 2410. The Balaban J connectivity index is 0.868. The van der Waals surface area contributed by atoms with Gasteiger partial charge in [-0.15, -0.1) is 11.8 Å². The van der Waals surface area contributed by atoms with Crippen molar-refractivity contribution < 1.29 is 4.74 Å². The van der Waals surface area contributed by atoms with Crippen molar-refractivity contribution in [3.8, 4) is 0 Å². The zero-order valence-electron chi connectivity index (χ0n) is 36.7.